The highest BCUT2D eigenvalue weighted by Gasteiger charge is 2.45. The molecule has 3 N–H and O–H groups in total. The highest BCUT2D eigenvalue weighted by molar-refractivity contribution is 7.70. The molecule has 60 heavy (non-hydrogen) atoms. The first kappa shape index (κ1) is 41.2. The second-order valence-corrected chi connectivity index (χ2v) is 19.5. The molecule has 8 rings (SSSR count). The molecule has 1 atom stereocenters. The molecule has 3 aromatic carbocycles. The molecule has 0 saturated carbocycles. The third kappa shape index (κ3) is 8.41. The number of fused-ring (bicyclic) bond motifs is 1. The number of imide groups is 2. The van der Waals surface area contributed by atoms with Crippen LogP contribution in [0.4, 0.5) is 38.9 Å². The Kier molecular flexibility index (Phi) is 11.5. The normalized spacial score (nSPS) is 19.1. The number of methoxy groups -OCH3 is 1. The number of ether oxygens (including phenoxy) is 1. The zero-order chi connectivity index (χ0) is 42.3. The van der Waals surface area contributed by atoms with Crippen LogP contribution in [-0.2, 0) is 14.2 Å². The van der Waals surface area contributed by atoms with Crippen LogP contribution in [0, 0.1) is 11.7 Å². The van der Waals surface area contributed by atoms with E-state index in [0.717, 1.165) is 62.2 Å². The number of hydrogen-bond donors (Lipinski definition) is 3. The van der Waals surface area contributed by atoms with Gasteiger partial charge in [0.15, 0.2) is 5.82 Å². The van der Waals surface area contributed by atoms with Crippen molar-refractivity contribution in [3.05, 3.63) is 82.8 Å². The van der Waals surface area contributed by atoms with E-state index in [1.54, 1.807) is 20.4 Å². The lowest BCUT2D eigenvalue weighted by Crippen LogP contribution is -2.54. The van der Waals surface area contributed by atoms with Crippen molar-refractivity contribution in [2.45, 2.75) is 31.7 Å². The summed E-state index contributed by atoms with van der Waals surface area (Å²) >= 11 is 6.47. The van der Waals surface area contributed by atoms with E-state index in [1.165, 1.54) is 12.3 Å². The van der Waals surface area contributed by atoms with E-state index in [0.29, 0.717) is 58.2 Å². The number of para-hydroxylation sites is 1. The summed E-state index contributed by atoms with van der Waals surface area (Å²) in [5.74, 6) is -1.31. The summed E-state index contributed by atoms with van der Waals surface area (Å²) < 4.78 is 34.2. The summed E-state index contributed by atoms with van der Waals surface area (Å²) in [6, 6.07) is 14.8. The van der Waals surface area contributed by atoms with E-state index >= 15 is 4.39 Å². The van der Waals surface area contributed by atoms with E-state index in [1.807, 2.05) is 47.4 Å². The summed E-state index contributed by atoms with van der Waals surface area (Å²) in [5.41, 5.74) is 2.66. The van der Waals surface area contributed by atoms with E-state index in [4.69, 9.17) is 16.3 Å². The molecule has 0 spiro atoms. The van der Waals surface area contributed by atoms with Crippen molar-refractivity contribution < 1.29 is 32.9 Å². The second kappa shape index (κ2) is 16.8. The molecule has 4 aromatic rings. The lowest BCUT2D eigenvalue weighted by Gasteiger charge is -2.40. The van der Waals surface area contributed by atoms with E-state index in [9.17, 15) is 23.7 Å². The van der Waals surface area contributed by atoms with E-state index < -0.39 is 42.6 Å². The molecule has 18 heteroatoms. The predicted octanol–water partition coefficient (Wildman–Crippen LogP) is 5.45. The molecule has 5 heterocycles. The van der Waals surface area contributed by atoms with Crippen LogP contribution in [-0.4, -0.2) is 116 Å². The molecule has 1 unspecified atom stereocenters. The SMILES string of the molecule is COc1cc(N2CCC(CN3CCN(c4cc5c(cc4F)C(=O)N(C4CCC(=O)NC4=O)C5=O)CC3)CC2)ccc1Nc1ncc(Cl)c(Nc2ccccc2P(C)(C)=O)n1. The van der Waals surface area contributed by atoms with Gasteiger partial charge in [-0.3, -0.25) is 34.3 Å². The van der Waals surface area contributed by atoms with Crippen LogP contribution in [0.15, 0.2) is 60.8 Å². The standard InChI is InChI=1S/C42H46ClFN9O6P/c1-59-35-20-26(8-9-31(35)47-42-45-23-29(43)38(49-42)46-32-6-4-5-7-36(32)60(2,3)58)51-14-12-25(13-15-51)24-50-16-18-52(19-17-50)34-22-28-27(21-30(34)44)40(56)53(41(28)57)33-10-11-37(54)48-39(33)55/h4-9,20-23,25,33H,10-19,24H2,1-3H3,(H,48,54,55)(H2,45,46,47,49). The molecule has 15 nitrogen and oxygen atoms in total. The molecule has 4 amide bonds. The smallest absolute Gasteiger partial charge is 0.262 e. The maximum absolute atomic E-state index is 15.5. The van der Waals surface area contributed by atoms with Crippen molar-refractivity contribution in [2.24, 2.45) is 5.92 Å². The average Bonchev–Trinajstić information content (AvgIpc) is 3.46. The minimum atomic E-state index is -2.57. The molecule has 4 aliphatic rings. The zero-order valence-corrected chi connectivity index (χ0v) is 35.2. The third-order valence-corrected chi connectivity index (χ3v) is 13.5. The summed E-state index contributed by atoms with van der Waals surface area (Å²) in [6.07, 6.45) is 3.57. The Morgan fingerprint density at radius 1 is 0.883 bits per heavy atom. The Hall–Kier alpha value is -5.57. The number of piperazine rings is 1. The fourth-order valence-electron chi connectivity index (χ4n) is 8.42. The summed E-state index contributed by atoms with van der Waals surface area (Å²) in [4.78, 5) is 67.0. The summed E-state index contributed by atoms with van der Waals surface area (Å²) in [7, 11) is -0.949. The topological polar surface area (TPSA) is 169 Å². The lowest BCUT2D eigenvalue weighted by molar-refractivity contribution is -0.136. The average molecular weight is 858 g/mol. The predicted molar refractivity (Wildman–Crippen MR) is 229 cm³/mol. The van der Waals surface area contributed by atoms with Crippen LogP contribution >= 0.6 is 18.7 Å². The first-order chi connectivity index (χ1) is 28.8. The van der Waals surface area contributed by atoms with Crippen molar-refractivity contribution in [1.82, 2.24) is 25.1 Å². The minimum absolute atomic E-state index is 0.0143. The van der Waals surface area contributed by atoms with Gasteiger partial charge in [-0.05, 0) is 74.9 Å². The number of piperidine rings is 2. The highest BCUT2D eigenvalue weighted by atomic mass is 35.5. The number of hydrogen-bond acceptors (Lipinski definition) is 13. The number of anilines is 6. The first-order valence-corrected chi connectivity index (χ1v) is 22.9. The fourth-order valence-corrected chi connectivity index (χ4v) is 9.72. The first-order valence-electron chi connectivity index (χ1n) is 19.9. The number of rotatable bonds is 11. The van der Waals surface area contributed by atoms with Crippen LogP contribution in [0.25, 0.3) is 0 Å². The lowest BCUT2D eigenvalue weighted by atomic mass is 9.95. The van der Waals surface area contributed by atoms with Gasteiger partial charge < -0.3 is 29.7 Å². The van der Waals surface area contributed by atoms with Crippen LogP contribution in [0.3, 0.4) is 0 Å². The Morgan fingerprint density at radius 2 is 1.60 bits per heavy atom. The Labute approximate surface area is 352 Å². The molecule has 0 aliphatic carbocycles. The maximum Gasteiger partial charge on any atom is 0.262 e. The number of carbonyl (C=O) groups is 4. The van der Waals surface area contributed by atoms with Gasteiger partial charge in [0.05, 0.1) is 41.5 Å². The van der Waals surface area contributed by atoms with Gasteiger partial charge in [0.1, 0.15) is 29.8 Å². The van der Waals surface area contributed by atoms with Gasteiger partial charge >= 0.3 is 0 Å². The van der Waals surface area contributed by atoms with Crippen molar-refractivity contribution in [3.63, 3.8) is 0 Å². The van der Waals surface area contributed by atoms with Crippen LogP contribution in [0.2, 0.25) is 5.02 Å². The number of carbonyl (C=O) groups excluding carboxylic acids is 4. The molecular weight excluding hydrogens is 812 g/mol. The van der Waals surface area contributed by atoms with E-state index in [2.05, 4.69) is 35.7 Å². The summed E-state index contributed by atoms with van der Waals surface area (Å²) in [6.45, 7) is 8.67. The Balaban J connectivity index is 0.842. The number of nitrogens with zero attached hydrogens (tertiary/aromatic N) is 6. The van der Waals surface area contributed by atoms with Crippen LogP contribution in [0.1, 0.15) is 46.4 Å². The zero-order valence-electron chi connectivity index (χ0n) is 33.5. The number of benzene rings is 3. The number of amides is 4. The van der Waals surface area contributed by atoms with Gasteiger partial charge in [0, 0.05) is 69.3 Å². The van der Waals surface area contributed by atoms with Gasteiger partial charge in [0.2, 0.25) is 17.8 Å². The molecule has 1 aromatic heterocycles. The van der Waals surface area contributed by atoms with Gasteiger partial charge in [-0.2, -0.15) is 4.98 Å². The van der Waals surface area contributed by atoms with Gasteiger partial charge in [0.25, 0.3) is 11.8 Å². The molecule has 314 valence electrons. The second-order valence-electron chi connectivity index (χ2n) is 15.9. The number of nitrogens with one attached hydrogen (secondary N) is 3. The van der Waals surface area contributed by atoms with Gasteiger partial charge in [-0.1, -0.05) is 23.7 Å². The number of halogens is 2. The van der Waals surface area contributed by atoms with Crippen LogP contribution < -0.4 is 35.8 Å². The quantitative estimate of drug-likeness (QED) is 0.129. The van der Waals surface area contributed by atoms with E-state index in [-0.39, 0.29) is 29.7 Å². The molecule has 3 saturated heterocycles. The van der Waals surface area contributed by atoms with Crippen molar-refractivity contribution in [2.75, 3.05) is 86.7 Å². The Bertz CT molecular complexity index is 2420. The minimum Gasteiger partial charge on any atom is -0.494 e. The van der Waals surface area contributed by atoms with Crippen molar-refractivity contribution >= 4 is 82.2 Å². The summed E-state index contributed by atoms with van der Waals surface area (Å²) in [5, 5.41) is 9.67. The largest absolute Gasteiger partial charge is 0.494 e. The molecule has 0 bridgehead atoms. The molecule has 4 aliphatic heterocycles. The Morgan fingerprint density at radius 3 is 2.30 bits per heavy atom. The fraction of sp³-hybridized carbons (Fsp3) is 0.381. The van der Waals surface area contributed by atoms with Crippen molar-refractivity contribution in [1.29, 1.82) is 0 Å². The molecular formula is C42H46ClFN9O6P. The monoisotopic (exact) mass is 857 g/mol. The van der Waals surface area contributed by atoms with Crippen LogP contribution in [0.5, 0.6) is 5.75 Å². The maximum atomic E-state index is 15.5. The van der Waals surface area contributed by atoms with Gasteiger partial charge in [-0.15, -0.1) is 0 Å². The number of aromatic nitrogens is 2. The highest BCUT2D eigenvalue weighted by Crippen LogP contribution is 2.39. The molecule has 0 radical (unpaired) electrons. The third-order valence-electron chi connectivity index (χ3n) is 11.6. The van der Waals surface area contributed by atoms with Gasteiger partial charge in [-0.25, -0.2) is 9.37 Å². The van der Waals surface area contributed by atoms with Crippen molar-refractivity contribution in [3.8, 4) is 5.75 Å². The molecule has 3 fully saturated rings.